The molecule has 1 amide bonds. The molecule has 2 aromatic carbocycles. The predicted molar refractivity (Wildman–Crippen MR) is 99.0 cm³/mol. The van der Waals surface area contributed by atoms with E-state index in [2.05, 4.69) is 29.6 Å². The SMILES string of the molecule is COc1ccc(C)cc1C(=O)NCc1ccc(C[NH+]2CCCC2)cc1. The van der Waals surface area contributed by atoms with Gasteiger partial charge in [-0.3, -0.25) is 4.79 Å². The maximum atomic E-state index is 12.5. The molecule has 4 heteroatoms. The van der Waals surface area contributed by atoms with Crippen molar-refractivity contribution in [3.05, 3.63) is 64.7 Å². The number of quaternary nitrogens is 1. The molecule has 2 N–H and O–H groups in total. The third kappa shape index (κ3) is 4.60. The summed E-state index contributed by atoms with van der Waals surface area (Å²) in [5, 5.41) is 2.99. The number of likely N-dealkylation sites (tertiary alicyclic amines) is 1. The Morgan fingerprint density at radius 1 is 1.08 bits per heavy atom. The lowest BCUT2D eigenvalue weighted by molar-refractivity contribution is -0.901. The standard InChI is InChI=1S/C21H26N2O2/c1-16-5-10-20(25-2)19(13-16)21(24)22-14-17-6-8-18(9-7-17)15-23-11-3-4-12-23/h5-10,13H,3-4,11-12,14-15H2,1-2H3,(H,22,24)/p+1. The number of nitrogens with one attached hydrogen (secondary N) is 2. The van der Waals surface area contributed by atoms with Gasteiger partial charge >= 0.3 is 0 Å². The van der Waals surface area contributed by atoms with Gasteiger partial charge in [-0.1, -0.05) is 35.9 Å². The third-order valence-electron chi connectivity index (χ3n) is 4.84. The zero-order chi connectivity index (χ0) is 17.6. The number of rotatable bonds is 6. The fraction of sp³-hybridized carbons (Fsp3) is 0.381. The van der Waals surface area contributed by atoms with Crippen molar-refractivity contribution in [1.29, 1.82) is 0 Å². The molecule has 0 unspecified atom stereocenters. The summed E-state index contributed by atoms with van der Waals surface area (Å²) in [5.74, 6) is 0.498. The molecule has 0 spiro atoms. The van der Waals surface area contributed by atoms with Crippen LogP contribution in [0.4, 0.5) is 0 Å². The Morgan fingerprint density at radius 3 is 2.44 bits per heavy atom. The van der Waals surface area contributed by atoms with E-state index in [1.54, 1.807) is 12.0 Å². The Morgan fingerprint density at radius 2 is 1.76 bits per heavy atom. The Hall–Kier alpha value is -2.33. The summed E-state index contributed by atoms with van der Waals surface area (Å²) in [4.78, 5) is 14.1. The highest BCUT2D eigenvalue weighted by molar-refractivity contribution is 5.97. The van der Waals surface area contributed by atoms with Gasteiger partial charge in [-0.05, 0) is 24.6 Å². The number of aryl methyl sites for hydroxylation is 1. The van der Waals surface area contributed by atoms with Gasteiger partial charge < -0.3 is 15.0 Å². The first-order chi connectivity index (χ1) is 12.2. The van der Waals surface area contributed by atoms with Crippen LogP contribution >= 0.6 is 0 Å². The molecule has 1 fully saturated rings. The third-order valence-corrected chi connectivity index (χ3v) is 4.84. The van der Waals surface area contributed by atoms with E-state index in [0.29, 0.717) is 17.9 Å². The second-order valence-corrected chi connectivity index (χ2v) is 6.84. The minimum atomic E-state index is -0.105. The Kier molecular flexibility index (Phi) is 5.71. The van der Waals surface area contributed by atoms with Crippen LogP contribution in [0.25, 0.3) is 0 Å². The van der Waals surface area contributed by atoms with E-state index in [1.165, 1.54) is 31.5 Å². The molecule has 0 atom stereocenters. The first-order valence-corrected chi connectivity index (χ1v) is 9.00. The summed E-state index contributed by atoms with van der Waals surface area (Å²) in [6.45, 7) is 6.17. The molecule has 1 aliphatic heterocycles. The zero-order valence-electron chi connectivity index (χ0n) is 15.1. The van der Waals surface area contributed by atoms with Gasteiger partial charge in [0.15, 0.2) is 0 Å². The summed E-state index contributed by atoms with van der Waals surface area (Å²) in [6, 6.07) is 14.2. The molecule has 132 valence electrons. The molecule has 2 aromatic rings. The zero-order valence-corrected chi connectivity index (χ0v) is 15.1. The van der Waals surface area contributed by atoms with Crippen molar-refractivity contribution in [2.75, 3.05) is 20.2 Å². The number of ether oxygens (including phenoxy) is 1. The van der Waals surface area contributed by atoms with Crippen molar-refractivity contribution in [1.82, 2.24) is 5.32 Å². The van der Waals surface area contributed by atoms with Crippen molar-refractivity contribution in [3.63, 3.8) is 0 Å². The van der Waals surface area contributed by atoms with E-state index in [9.17, 15) is 4.79 Å². The Bertz CT molecular complexity index is 719. The summed E-state index contributed by atoms with van der Waals surface area (Å²) in [7, 11) is 1.59. The van der Waals surface area contributed by atoms with E-state index in [4.69, 9.17) is 4.74 Å². The van der Waals surface area contributed by atoms with Crippen LogP contribution in [0.2, 0.25) is 0 Å². The van der Waals surface area contributed by atoms with Gasteiger partial charge in [-0.15, -0.1) is 0 Å². The number of amides is 1. The number of carbonyl (C=O) groups is 1. The molecule has 0 radical (unpaired) electrons. The first-order valence-electron chi connectivity index (χ1n) is 9.00. The van der Waals surface area contributed by atoms with Crippen LogP contribution in [0.15, 0.2) is 42.5 Å². The van der Waals surface area contributed by atoms with Crippen LogP contribution in [0.5, 0.6) is 5.75 Å². The lowest BCUT2D eigenvalue weighted by Crippen LogP contribution is -3.08. The average Bonchev–Trinajstić information content (AvgIpc) is 3.14. The van der Waals surface area contributed by atoms with Crippen LogP contribution in [0, 0.1) is 6.92 Å². The molecule has 3 rings (SSSR count). The number of hydrogen-bond donors (Lipinski definition) is 2. The average molecular weight is 339 g/mol. The normalized spacial score (nSPS) is 14.5. The van der Waals surface area contributed by atoms with Crippen molar-refractivity contribution < 1.29 is 14.4 Å². The number of hydrogen-bond acceptors (Lipinski definition) is 2. The van der Waals surface area contributed by atoms with Crippen molar-refractivity contribution in [2.45, 2.75) is 32.9 Å². The van der Waals surface area contributed by atoms with Crippen LogP contribution in [0.1, 0.15) is 39.9 Å². The molecule has 0 aromatic heterocycles. The second-order valence-electron chi connectivity index (χ2n) is 6.84. The van der Waals surface area contributed by atoms with Gasteiger partial charge in [0.1, 0.15) is 12.3 Å². The van der Waals surface area contributed by atoms with Gasteiger partial charge in [-0.25, -0.2) is 0 Å². The summed E-state index contributed by atoms with van der Waals surface area (Å²) < 4.78 is 5.29. The van der Waals surface area contributed by atoms with Crippen molar-refractivity contribution in [2.24, 2.45) is 0 Å². The Balaban J connectivity index is 1.57. The van der Waals surface area contributed by atoms with Gasteiger partial charge in [-0.2, -0.15) is 0 Å². The molecule has 0 aliphatic carbocycles. The van der Waals surface area contributed by atoms with Gasteiger partial charge in [0.25, 0.3) is 5.91 Å². The first kappa shape index (κ1) is 17.5. The van der Waals surface area contributed by atoms with Crippen molar-refractivity contribution >= 4 is 5.91 Å². The minimum absolute atomic E-state index is 0.105. The lowest BCUT2D eigenvalue weighted by Gasteiger charge is -2.13. The summed E-state index contributed by atoms with van der Waals surface area (Å²) >= 11 is 0. The molecule has 4 nitrogen and oxygen atoms in total. The smallest absolute Gasteiger partial charge is 0.255 e. The Labute approximate surface area is 149 Å². The minimum Gasteiger partial charge on any atom is -0.496 e. The molecule has 1 saturated heterocycles. The lowest BCUT2D eigenvalue weighted by atomic mass is 10.1. The van der Waals surface area contributed by atoms with Crippen molar-refractivity contribution in [3.8, 4) is 5.75 Å². The molecular weight excluding hydrogens is 312 g/mol. The highest BCUT2D eigenvalue weighted by Crippen LogP contribution is 2.19. The molecule has 25 heavy (non-hydrogen) atoms. The molecule has 1 aliphatic rings. The molecule has 0 bridgehead atoms. The van der Waals surface area contributed by atoms with Crippen LogP contribution in [-0.4, -0.2) is 26.1 Å². The quantitative estimate of drug-likeness (QED) is 0.846. The highest BCUT2D eigenvalue weighted by Gasteiger charge is 2.15. The number of benzene rings is 2. The maximum absolute atomic E-state index is 12.5. The monoisotopic (exact) mass is 339 g/mol. The molecular formula is C21H27N2O2+. The maximum Gasteiger partial charge on any atom is 0.255 e. The van der Waals surface area contributed by atoms with E-state index in [1.807, 2.05) is 25.1 Å². The number of carbonyl (C=O) groups excluding carboxylic acids is 1. The summed E-state index contributed by atoms with van der Waals surface area (Å²) in [6.07, 6.45) is 2.70. The topological polar surface area (TPSA) is 42.8 Å². The van der Waals surface area contributed by atoms with E-state index in [0.717, 1.165) is 17.7 Å². The fourth-order valence-electron chi connectivity index (χ4n) is 3.39. The van der Waals surface area contributed by atoms with Gasteiger partial charge in [0, 0.05) is 24.9 Å². The highest BCUT2D eigenvalue weighted by atomic mass is 16.5. The van der Waals surface area contributed by atoms with E-state index < -0.39 is 0 Å². The van der Waals surface area contributed by atoms with Crippen LogP contribution in [0.3, 0.4) is 0 Å². The predicted octanol–water partition coefficient (Wildman–Crippen LogP) is 2.11. The van der Waals surface area contributed by atoms with E-state index >= 15 is 0 Å². The van der Waals surface area contributed by atoms with Gasteiger partial charge in [0.2, 0.25) is 0 Å². The number of methoxy groups -OCH3 is 1. The second kappa shape index (κ2) is 8.17. The fourth-order valence-corrected chi connectivity index (χ4v) is 3.39. The summed E-state index contributed by atoms with van der Waals surface area (Å²) in [5.41, 5.74) is 4.10. The van der Waals surface area contributed by atoms with Gasteiger partial charge in [0.05, 0.1) is 25.8 Å². The largest absolute Gasteiger partial charge is 0.496 e. The molecule has 1 heterocycles. The molecule has 0 saturated carbocycles. The van der Waals surface area contributed by atoms with Crippen LogP contribution in [-0.2, 0) is 13.1 Å². The van der Waals surface area contributed by atoms with Crippen LogP contribution < -0.4 is 15.0 Å². The van der Waals surface area contributed by atoms with E-state index in [-0.39, 0.29) is 5.91 Å².